The van der Waals surface area contributed by atoms with Gasteiger partial charge in [-0.1, -0.05) is 45.4 Å². The molecule has 2 atom stereocenters. The second kappa shape index (κ2) is 11.4. The van der Waals surface area contributed by atoms with Crippen LogP contribution in [-0.4, -0.2) is 34.7 Å². The summed E-state index contributed by atoms with van der Waals surface area (Å²) in [6.07, 6.45) is 7.72. The molecule has 5 heteroatoms. The van der Waals surface area contributed by atoms with Crippen LogP contribution in [-0.2, 0) is 14.3 Å². The zero-order chi connectivity index (χ0) is 17.9. The first kappa shape index (κ1) is 21.9. The van der Waals surface area contributed by atoms with Crippen molar-refractivity contribution in [1.29, 1.82) is 0 Å². The molecule has 0 rings (SSSR count). The number of ether oxygens (including phenoxy) is 1. The smallest absolute Gasteiger partial charge is 0.328 e. The molecule has 0 fully saturated rings. The molecule has 0 heterocycles. The van der Waals surface area contributed by atoms with Gasteiger partial charge in [0.1, 0.15) is 0 Å². The van der Waals surface area contributed by atoms with E-state index >= 15 is 0 Å². The highest BCUT2D eigenvalue weighted by molar-refractivity contribution is 5.83. The van der Waals surface area contributed by atoms with Crippen molar-refractivity contribution >= 4 is 11.9 Å². The Hall–Kier alpha value is -1.10. The summed E-state index contributed by atoms with van der Waals surface area (Å²) in [6.45, 7) is 9.46. The van der Waals surface area contributed by atoms with Gasteiger partial charge in [0.05, 0.1) is 11.7 Å². The van der Waals surface area contributed by atoms with Crippen molar-refractivity contribution < 1.29 is 19.4 Å². The molecule has 0 bridgehead atoms. The summed E-state index contributed by atoms with van der Waals surface area (Å²) < 4.78 is 5.65. The number of amides is 1. The van der Waals surface area contributed by atoms with Gasteiger partial charge in [-0.15, -0.1) is 0 Å². The molecule has 0 spiro atoms. The van der Waals surface area contributed by atoms with E-state index in [0.717, 1.165) is 19.3 Å². The summed E-state index contributed by atoms with van der Waals surface area (Å²) in [5.41, 5.74) is -0.448. The van der Waals surface area contributed by atoms with Crippen LogP contribution in [0.1, 0.15) is 86.0 Å². The lowest BCUT2D eigenvalue weighted by Crippen LogP contribution is -2.50. The van der Waals surface area contributed by atoms with Gasteiger partial charge >= 0.3 is 5.97 Å². The minimum Gasteiger partial charge on any atom is -0.480 e. The standard InChI is InChI=1S/C18H35NO4/c1-6-7-8-9-10-11-12-13-15(20)19-16(17(21)22)14(2)23-18(3,4)5/h14,16H,6-13H2,1-5H3,(H,19,20)(H,21,22)/t14-,16+/m1/s1. The van der Waals surface area contributed by atoms with E-state index < -0.39 is 23.7 Å². The molecule has 0 aromatic carbocycles. The Labute approximate surface area is 141 Å². The monoisotopic (exact) mass is 329 g/mol. The van der Waals surface area contributed by atoms with Crippen LogP contribution < -0.4 is 5.32 Å². The Kier molecular flexibility index (Phi) is 10.9. The molecule has 0 aliphatic heterocycles. The van der Waals surface area contributed by atoms with E-state index in [0.29, 0.717) is 6.42 Å². The number of carboxylic acids is 1. The lowest BCUT2D eigenvalue weighted by Gasteiger charge is -2.29. The summed E-state index contributed by atoms with van der Waals surface area (Å²) in [7, 11) is 0. The molecule has 0 saturated heterocycles. The quantitative estimate of drug-likeness (QED) is 0.532. The zero-order valence-electron chi connectivity index (χ0n) is 15.5. The van der Waals surface area contributed by atoms with Crippen molar-refractivity contribution in [2.45, 2.75) is 104 Å². The van der Waals surface area contributed by atoms with Crippen molar-refractivity contribution in [1.82, 2.24) is 5.32 Å². The summed E-state index contributed by atoms with van der Waals surface area (Å²) >= 11 is 0. The second-order valence-corrected chi connectivity index (χ2v) is 7.19. The molecule has 0 unspecified atom stereocenters. The number of rotatable bonds is 12. The number of unbranched alkanes of at least 4 members (excludes halogenated alkanes) is 6. The minimum atomic E-state index is -1.06. The van der Waals surface area contributed by atoms with E-state index in [4.69, 9.17) is 4.74 Å². The van der Waals surface area contributed by atoms with E-state index in [1.165, 1.54) is 25.7 Å². The third-order valence-electron chi connectivity index (χ3n) is 3.60. The average Bonchev–Trinajstić information content (AvgIpc) is 2.41. The predicted molar refractivity (Wildman–Crippen MR) is 92.5 cm³/mol. The van der Waals surface area contributed by atoms with Gasteiger partial charge in [0.25, 0.3) is 0 Å². The number of carboxylic acid groups (broad SMARTS) is 1. The maximum absolute atomic E-state index is 11.9. The topological polar surface area (TPSA) is 75.6 Å². The summed E-state index contributed by atoms with van der Waals surface area (Å²) in [4.78, 5) is 23.3. The number of hydrogen-bond acceptors (Lipinski definition) is 3. The Bertz CT molecular complexity index is 349. The fraction of sp³-hybridized carbons (Fsp3) is 0.889. The molecule has 0 aromatic heterocycles. The molecule has 0 aliphatic carbocycles. The van der Waals surface area contributed by atoms with Crippen LogP contribution in [0, 0.1) is 0 Å². The molecule has 2 N–H and O–H groups in total. The molecule has 0 aliphatic rings. The molecular formula is C18H35NO4. The van der Waals surface area contributed by atoms with Crippen LogP contribution in [0.4, 0.5) is 0 Å². The normalized spacial score (nSPS) is 14.3. The third-order valence-corrected chi connectivity index (χ3v) is 3.60. The van der Waals surface area contributed by atoms with Gasteiger partial charge < -0.3 is 15.2 Å². The fourth-order valence-electron chi connectivity index (χ4n) is 2.49. The molecular weight excluding hydrogens is 294 g/mol. The van der Waals surface area contributed by atoms with Gasteiger partial charge in [0.2, 0.25) is 5.91 Å². The van der Waals surface area contributed by atoms with Crippen LogP contribution in [0.3, 0.4) is 0 Å². The zero-order valence-corrected chi connectivity index (χ0v) is 15.5. The molecule has 1 amide bonds. The maximum Gasteiger partial charge on any atom is 0.328 e. The molecule has 5 nitrogen and oxygen atoms in total. The first-order chi connectivity index (χ1) is 10.7. The van der Waals surface area contributed by atoms with Gasteiger partial charge in [-0.2, -0.15) is 0 Å². The van der Waals surface area contributed by atoms with Crippen LogP contribution >= 0.6 is 0 Å². The van der Waals surface area contributed by atoms with E-state index in [1.807, 2.05) is 20.8 Å². The van der Waals surface area contributed by atoms with Gasteiger partial charge in [0, 0.05) is 6.42 Å². The Morgan fingerprint density at radius 3 is 2.04 bits per heavy atom. The van der Waals surface area contributed by atoms with Gasteiger partial charge in [-0.05, 0) is 34.1 Å². The van der Waals surface area contributed by atoms with Crippen LogP contribution in [0.15, 0.2) is 0 Å². The van der Waals surface area contributed by atoms with E-state index in [9.17, 15) is 14.7 Å². The van der Waals surface area contributed by atoms with Gasteiger partial charge in [-0.3, -0.25) is 4.79 Å². The Morgan fingerprint density at radius 2 is 1.57 bits per heavy atom. The highest BCUT2D eigenvalue weighted by Crippen LogP contribution is 2.14. The van der Waals surface area contributed by atoms with Gasteiger partial charge in [-0.25, -0.2) is 4.79 Å². The molecule has 136 valence electrons. The molecule has 0 radical (unpaired) electrons. The fourth-order valence-corrected chi connectivity index (χ4v) is 2.49. The summed E-state index contributed by atoms with van der Waals surface area (Å²) in [6, 6.07) is -1.01. The Morgan fingerprint density at radius 1 is 1.04 bits per heavy atom. The average molecular weight is 329 g/mol. The highest BCUT2D eigenvalue weighted by Gasteiger charge is 2.30. The number of aliphatic carboxylic acids is 1. The number of nitrogens with one attached hydrogen (secondary N) is 1. The lowest BCUT2D eigenvalue weighted by atomic mass is 10.1. The van der Waals surface area contributed by atoms with E-state index in [1.54, 1.807) is 6.92 Å². The largest absolute Gasteiger partial charge is 0.480 e. The summed E-state index contributed by atoms with van der Waals surface area (Å²) in [5.74, 6) is -1.27. The van der Waals surface area contributed by atoms with Crippen molar-refractivity contribution in [3.63, 3.8) is 0 Å². The van der Waals surface area contributed by atoms with Crippen LogP contribution in [0.25, 0.3) is 0 Å². The molecule has 23 heavy (non-hydrogen) atoms. The third kappa shape index (κ3) is 12.0. The van der Waals surface area contributed by atoms with Crippen molar-refractivity contribution in [3.05, 3.63) is 0 Å². The Balaban J connectivity index is 4.09. The van der Waals surface area contributed by atoms with Crippen LogP contribution in [0.2, 0.25) is 0 Å². The first-order valence-corrected chi connectivity index (χ1v) is 8.87. The van der Waals surface area contributed by atoms with Gasteiger partial charge in [0.15, 0.2) is 6.04 Å². The van der Waals surface area contributed by atoms with Crippen LogP contribution in [0.5, 0.6) is 0 Å². The highest BCUT2D eigenvalue weighted by atomic mass is 16.5. The maximum atomic E-state index is 11.9. The number of hydrogen-bond donors (Lipinski definition) is 2. The predicted octanol–water partition coefficient (Wildman–Crippen LogP) is 3.90. The van der Waals surface area contributed by atoms with Crippen molar-refractivity contribution in [3.8, 4) is 0 Å². The minimum absolute atomic E-state index is 0.213. The van der Waals surface area contributed by atoms with Crippen molar-refractivity contribution in [2.24, 2.45) is 0 Å². The van der Waals surface area contributed by atoms with E-state index in [2.05, 4.69) is 12.2 Å². The second-order valence-electron chi connectivity index (χ2n) is 7.19. The SMILES string of the molecule is CCCCCCCCCC(=O)N[C@H](C(=O)O)[C@@H](C)OC(C)(C)C. The van der Waals surface area contributed by atoms with E-state index in [-0.39, 0.29) is 5.91 Å². The molecule has 0 aromatic rings. The first-order valence-electron chi connectivity index (χ1n) is 8.87. The van der Waals surface area contributed by atoms with Crippen molar-refractivity contribution in [2.75, 3.05) is 0 Å². The summed E-state index contributed by atoms with van der Waals surface area (Å²) in [5, 5.41) is 11.9. The number of carbonyl (C=O) groups excluding carboxylic acids is 1. The lowest BCUT2D eigenvalue weighted by molar-refractivity contribution is -0.150. The number of carbonyl (C=O) groups is 2. The molecule has 0 saturated carbocycles.